The fourth-order valence-electron chi connectivity index (χ4n) is 2.21. The van der Waals surface area contributed by atoms with Crippen LogP contribution in [0, 0.1) is 0 Å². The van der Waals surface area contributed by atoms with Crippen molar-refractivity contribution in [1.29, 1.82) is 0 Å². The highest BCUT2D eigenvalue weighted by Crippen LogP contribution is 2.04. The first-order valence-corrected chi connectivity index (χ1v) is 9.61. The van der Waals surface area contributed by atoms with E-state index in [4.69, 9.17) is 0 Å². The lowest BCUT2D eigenvalue weighted by Crippen LogP contribution is -2.37. The van der Waals surface area contributed by atoms with Crippen LogP contribution in [0.2, 0.25) is 0 Å². The van der Waals surface area contributed by atoms with Crippen LogP contribution in [0.15, 0.2) is 57.6 Å². The molecule has 0 radical (unpaired) electrons. The highest BCUT2D eigenvalue weighted by molar-refractivity contribution is 9.12. The van der Waals surface area contributed by atoms with Crippen molar-refractivity contribution in [3.8, 4) is 0 Å². The molecule has 1 heterocycles. The van der Waals surface area contributed by atoms with Crippen LogP contribution in [0.25, 0.3) is 0 Å². The molecular formula is C19H29BrN6O. The molecule has 0 fully saturated rings. The Labute approximate surface area is 170 Å². The van der Waals surface area contributed by atoms with Crippen LogP contribution >= 0.6 is 15.9 Å². The number of hydrogen-bond acceptors (Lipinski definition) is 6. The first-order chi connectivity index (χ1) is 13.0. The van der Waals surface area contributed by atoms with Gasteiger partial charge in [-0.15, -0.1) is 0 Å². The van der Waals surface area contributed by atoms with Gasteiger partial charge in [0.25, 0.3) is 0 Å². The molecule has 1 aromatic rings. The molecule has 0 spiro atoms. The fraction of sp³-hybridized carbons (Fsp3) is 0.421. The highest BCUT2D eigenvalue weighted by Gasteiger charge is 2.09. The van der Waals surface area contributed by atoms with Crippen LogP contribution in [0.3, 0.4) is 0 Å². The van der Waals surface area contributed by atoms with Crippen molar-refractivity contribution in [3.63, 3.8) is 0 Å². The van der Waals surface area contributed by atoms with E-state index in [1.54, 1.807) is 23.6 Å². The minimum absolute atomic E-state index is 0.0237. The summed E-state index contributed by atoms with van der Waals surface area (Å²) in [5, 5.41) is 21.9. The standard InChI is InChI=1S/C19H29BrN6O/c1-5-7-17(14-27)25-18(21-3)10-19(26(4)24-11-15(2)20)23-13-16-8-6-9-22-12-16/h6,8-12,17,21,25,27H,2,5,7,13-14H2,1,3-4H3/b18-10?,23-19?,24-11-/t17-/m1/s1. The van der Waals surface area contributed by atoms with Crippen LogP contribution < -0.4 is 10.6 Å². The van der Waals surface area contributed by atoms with Crippen molar-refractivity contribution in [1.82, 2.24) is 20.6 Å². The van der Waals surface area contributed by atoms with Gasteiger partial charge in [-0.1, -0.05) is 26.0 Å². The third kappa shape index (κ3) is 9.35. The predicted octanol–water partition coefficient (Wildman–Crippen LogP) is 2.62. The number of nitrogens with one attached hydrogen (secondary N) is 2. The first kappa shape index (κ1) is 22.9. The lowest BCUT2D eigenvalue weighted by Gasteiger charge is -2.21. The molecule has 1 atom stereocenters. The van der Waals surface area contributed by atoms with Gasteiger partial charge in [-0.25, -0.2) is 0 Å². The largest absolute Gasteiger partial charge is 0.394 e. The maximum atomic E-state index is 9.54. The number of pyridine rings is 1. The van der Waals surface area contributed by atoms with Crippen molar-refractivity contribution in [2.24, 2.45) is 10.1 Å². The molecule has 8 heteroatoms. The SMILES string of the molecule is C=C(Br)/C=N\N(C)C(C=C(NC)N[C@@H](CO)CCC)=NCc1cccnc1. The number of hydrogen-bond donors (Lipinski definition) is 3. The lowest BCUT2D eigenvalue weighted by atomic mass is 10.2. The minimum atomic E-state index is -0.0237. The summed E-state index contributed by atoms with van der Waals surface area (Å²) in [5.74, 6) is 1.40. The van der Waals surface area contributed by atoms with E-state index >= 15 is 0 Å². The number of aromatic nitrogens is 1. The number of nitrogens with zero attached hydrogens (tertiary/aromatic N) is 4. The zero-order valence-corrected chi connectivity index (χ0v) is 17.8. The van der Waals surface area contributed by atoms with E-state index < -0.39 is 0 Å². The van der Waals surface area contributed by atoms with Crippen LogP contribution in [0.5, 0.6) is 0 Å². The van der Waals surface area contributed by atoms with Gasteiger partial charge in [-0.3, -0.25) is 15.0 Å². The Balaban J connectivity index is 3.07. The Morgan fingerprint density at radius 2 is 2.30 bits per heavy atom. The normalized spacial score (nSPS) is 13.5. The van der Waals surface area contributed by atoms with Gasteiger partial charge in [0.15, 0.2) is 0 Å². The minimum Gasteiger partial charge on any atom is -0.394 e. The fourth-order valence-corrected chi connectivity index (χ4v) is 2.30. The van der Waals surface area contributed by atoms with Crippen molar-refractivity contribution in [2.75, 3.05) is 20.7 Å². The van der Waals surface area contributed by atoms with Crippen LogP contribution in [0.1, 0.15) is 25.3 Å². The predicted molar refractivity (Wildman–Crippen MR) is 116 cm³/mol. The van der Waals surface area contributed by atoms with Gasteiger partial charge in [0, 0.05) is 37.0 Å². The lowest BCUT2D eigenvalue weighted by molar-refractivity contribution is 0.241. The number of aliphatic hydroxyl groups excluding tert-OH is 1. The number of amidine groups is 1. The molecule has 0 bridgehead atoms. The second-order valence-electron chi connectivity index (χ2n) is 5.87. The van der Waals surface area contributed by atoms with Crippen LogP contribution in [0.4, 0.5) is 0 Å². The van der Waals surface area contributed by atoms with Gasteiger partial charge in [0.1, 0.15) is 11.7 Å². The third-order valence-electron chi connectivity index (χ3n) is 3.61. The number of rotatable bonds is 11. The van der Waals surface area contributed by atoms with Gasteiger partial charge in [0.2, 0.25) is 0 Å². The second kappa shape index (κ2) is 13.1. The smallest absolute Gasteiger partial charge is 0.147 e. The van der Waals surface area contributed by atoms with E-state index in [1.807, 2.05) is 32.3 Å². The van der Waals surface area contributed by atoms with Gasteiger partial charge < -0.3 is 15.7 Å². The quantitative estimate of drug-likeness (QED) is 0.282. The molecule has 7 nitrogen and oxygen atoms in total. The molecule has 0 amide bonds. The summed E-state index contributed by atoms with van der Waals surface area (Å²) in [6, 6.07) is 3.83. The van der Waals surface area contributed by atoms with Crippen LogP contribution in [-0.4, -0.2) is 53.9 Å². The van der Waals surface area contributed by atoms with E-state index in [2.05, 4.69) is 55.1 Å². The van der Waals surface area contributed by atoms with E-state index in [9.17, 15) is 5.11 Å². The van der Waals surface area contributed by atoms with Crippen molar-refractivity contribution in [3.05, 3.63) is 53.0 Å². The number of hydrazone groups is 1. The summed E-state index contributed by atoms with van der Waals surface area (Å²) in [6.07, 6.45) is 8.84. The summed E-state index contributed by atoms with van der Waals surface area (Å²) in [4.78, 5) is 8.78. The van der Waals surface area contributed by atoms with E-state index in [-0.39, 0.29) is 12.6 Å². The Morgan fingerprint density at radius 3 is 2.85 bits per heavy atom. The number of likely N-dealkylation sites (N-methyl/N-ethyl adjacent to an activating group) is 1. The van der Waals surface area contributed by atoms with Crippen molar-refractivity contribution < 1.29 is 5.11 Å². The summed E-state index contributed by atoms with van der Waals surface area (Å²) in [6.45, 7) is 6.38. The molecule has 148 valence electrons. The Hall–Kier alpha value is -2.19. The average molecular weight is 437 g/mol. The first-order valence-electron chi connectivity index (χ1n) is 8.82. The summed E-state index contributed by atoms with van der Waals surface area (Å²) in [7, 11) is 3.63. The Morgan fingerprint density at radius 1 is 1.52 bits per heavy atom. The summed E-state index contributed by atoms with van der Waals surface area (Å²) in [5.41, 5.74) is 1.00. The molecule has 0 aromatic carbocycles. The van der Waals surface area contributed by atoms with Crippen LogP contribution in [-0.2, 0) is 6.54 Å². The number of aliphatic hydroxyl groups is 1. The molecule has 1 aromatic heterocycles. The average Bonchev–Trinajstić information content (AvgIpc) is 2.68. The summed E-state index contributed by atoms with van der Waals surface area (Å²) >= 11 is 3.27. The maximum absolute atomic E-state index is 9.54. The molecule has 1 rings (SSSR count). The molecule has 0 aliphatic heterocycles. The molecular weight excluding hydrogens is 408 g/mol. The van der Waals surface area contributed by atoms with Gasteiger partial charge in [-0.05, 0) is 34.0 Å². The molecule has 0 unspecified atom stereocenters. The topological polar surface area (TPSA) is 85.1 Å². The summed E-state index contributed by atoms with van der Waals surface area (Å²) < 4.78 is 0.667. The molecule has 3 N–H and O–H groups in total. The number of allylic oxidation sites excluding steroid dienone is 1. The second-order valence-corrected chi connectivity index (χ2v) is 6.89. The molecule has 0 saturated carbocycles. The maximum Gasteiger partial charge on any atom is 0.147 e. The number of aliphatic imine (C=N–C) groups is 1. The van der Waals surface area contributed by atoms with E-state index in [0.29, 0.717) is 16.9 Å². The van der Waals surface area contributed by atoms with Crippen molar-refractivity contribution in [2.45, 2.75) is 32.4 Å². The third-order valence-corrected chi connectivity index (χ3v) is 3.81. The van der Waals surface area contributed by atoms with Gasteiger partial charge in [-0.2, -0.15) is 5.10 Å². The number of halogens is 1. The zero-order chi connectivity index (χ0) is 20.1. The molecule has 0 saturated heterocycles. The Kier molecular flexibility index (Phi) is 11.0. The molecule has 0 aliphatic carbocycles. The van der Waals surface area contributed by atoms with Crippen molar-refractivity contribution >= 4 is 28.0 Å². The highest BCUT2D eigenvalue weighted by atomic mass is 79.9. The van der Waals surface area contributed by atoms with Gasteiger partial charge in [0.05, 0.1) is 25.4 Å². The van der Waals surface area contributed by atoms with Gasteiger partial charge >= 0.3 is 0 Å². The Bertz CT molecular complexity index is 659. The monoisotopic (exact) mass is 436 g/mol. The molecule has 0 aliphatic rings. The molecule has 27 heavy (non-hydrogen) atoms. The zero-order valence-electron chi connectivity index (χ0n) is 16.2. The van der Waals surface area contributed by atoms with E-state index in [1.165, 1.54) is 0 Å². The van der Waals surface area contributed by atoms with E-state index in [0.717, 1.165) is 24.2 Å².